The van der Waals surface area contributed by atoms with Crippen molar-refractivity contribution in [1.82, 2.24) is 9.80 Å². The molecule has 5 nitrogen and oxygen atoms in total. The molecule has 1 N–H and O–H groups in total. The number of benzene rings is 1. The predicted octanol–water partition coefficient (Wildman–Crippen LogP) is 3.17. The lowest BCUT2D eigenvalue weighted by Gasteiger charge is -2.48. The molecule has 4 rings (SSSR count). The van der Waals surface area contributed by atoms with E-state index in [9.17, 15) is 23.1 Å². The monoisotopic (exact) mass is 412 g/mol. The molecule has 1 unspecified atom stereocenters. The van der Waals surface area contributed by atoms with E-state index in [1.165, 1.54) is 12.1 Å². The summed E-state index contributed by atoms with van der Waals surface area (Å²) in [5.41, 5.74) is 0.248. The zero-order valence-corrected chi connectivity index (χ0v) is 16.3. The summed E-state index contributed by atoms with van der Waals surface area (Å²) < 4.78 is 41.3. The normalized spacial score (nSPS) is 25.4. The van der Waals surface area contributed by atoms with E-state index in [2.05, 4.69) is 9.64 Å². The summed E-state index contributed by atoms with van der Waals surface area (Å²) in [7, 11) is 0. The number of carbonyl (C=O) groups excluding carboxylic acids is 1. The van der Waals surface area contributed by atoms with E-state index < -0.39 is 17.9 Å². The van der Waals surface area contributed by atoms with Crippen LogP contribution >= 0.6 is 0 Å². The summed E-state index contributed by atoms with van der Waals surface area (Å²) in [5, 5.41) is 10.4. The lowest BCUT2D eigenvalue weighted by atomic mass is 9.70. The molecule has 2 heterocycles. The highest BCUT2D eigenvalue weighted by atomic mass is 19.4. The smallest absolute Gasteiger partial charge is 0.406 e. The number of hydrogen-bond acceptors (Lipinski definition) is 4. The number of likely N-dealkylation sites (tertiary alicyclic amines) is 2. The van der Waals surface area contributed by atoms with E-state index in [1.807, 2.05) is 4.90 Å². The summed E-state index contributed by atoms with van der Waals surface area (Å²) in [6.07, 6.45) is -1.00. The van der Waals surface area contributed by atoms with Gasteiger partial charge in [0.05, 0.1) is 11.5 Å². The molecule has 2 aliphatic heterocycles. The second-order valence-electron chi connectivity index (χ2n) is 8.76. The average Bonchev–Trinajstić information content (AvgIpc) is 3.44. The van der Waals surface area contributed by atoms with Gasteiger partial charge in [-0.3, -0.25) is 9.69 Å². The van der Waals surface area contributed by atoms with Crippen molar-refractivity contribution in [3.63, 3.8) is 0 Å². The van der Waals surface area contributed by atoms with Crippen LogP contribution in [0.25, 0.3) is 0 Å². The van der Waals surface area contributed by atoms with Crippen LogP contribution in [0.2, 0.25) is 0 Å². The standard InChI is InChI=1S/C21H27F3N2O3/c22-21(23,24)29-18-3-1-2-16(10-18)12-25-8-6-20(7-9-25)11-17(27)14-26(19(20)28)13-15-4-5-15/h1-3,10,15,17,27H,4-9,11-14H2. The molecule has 3 aliphatic rings. The Morgan fingerprint density at radius 3 is 2.59 bits per heavy atom. The number of aliphatic hydroxyl groups excluding tert-OH is 1. The average molecular weight is 412 g/mol. The number of hydrogen-bond donors (Lipinski definition) is 1. The Hall–Kier alpha value is -1.80. The largest absolute Gasteiger partial charge is 0.573 e. The van der Waals surface area contributed by atoms with Crippen molar-refractivity contribution in [2.75, 3.05) is 26.2 Å². The highest BCUT2D eigenvalue weighted by Gasteiger charge is 2.49. The molecule has 160 valence electrons. The van der Waals surface area contributed by atoms with Crippen molar-refractivity contribution in [2.24, 2.45) is 11.3 Å². The third kappa shape index (κ3) is 5.04. The maximum atomic E-state index is 13.1. The van der Waals surface area contributed by atoms with Gasteiger partial charge in [-0.2, -0.15) is 0 Å². The van der Waals surface area contributed by atoms with Crippen LogP contribution in [0.15, 0.2) is 24.3 Å². The minimum atomic E-state index is -4.70. The number of amides is 1. The number of carbonyl (C=O) groups is 1. The minimum absolute atomic E-state index is 0.176. The fourth-order valence-electron chi connectivity index (χ4n) is 4.70. The summed E-state index contributed by atoms with van der Waals surface area (Å²) in [5.74, 6) is 0.548. The molecule has 1 aromatic rings. The Balaban J connectivity index is 1.36. The molecule has 2 saturated heterocycles. The number of halogens is 3. The second-order valence-corrected chi connectivity index (χ2v) is 8.76. The van der Waals surface area contributed by atoms with E-state index in [1.54, 1.807) is 12.1 Å². The Bertz CT molecular complexity index is 741. The molecule has 1 aromatic carbocycles. The second kappa shape index (κ2) is 7.80. The lowest BCUT2D eigenvalue weighted by Crippen LogP contribution is -2.57. The fourth-order valence-corrected chi connectivity index (χ4v) is 4.70. The molecule has 0 aromatic heterocycles. The van der Waals surface area contributed by atoms with Crippen LogP contribution in [-0.4, -0.2) is 59.5 Å². The van der Waals surface area contributed by atoms with Crippen LogP contribution in [0.5, 0.6) is 5.75 Å². The van der Waals surface area contributed by atoms with Gasteiger partial charge in [-0.1, -0.05) is 12.1 Å². The van der Waals surface area contributed by atoms with E-state index >= 15 is 0 Å². The molecule has 1 atom stereocenters. The molecule has 1 saturated carbocycles. The Morgan fingerprint density at radius 2 is 1.93 bits per heavy atom. The summed E-state index contributed by atoms with van der Waals surface area (Å²) >= 11 is 0. The Kier molecular flexibility index (Phi) is 5.50. The molecule has 1 aliphatic carbocycles. The molecule has 29 heavy (non-hydrogen) atoms. The maximum absolute atomic E-state index is 13.1. The third-order valence-electron chi connectivity index (χ3n) is 6.33. The van der Waals surface area contributed by atoms with Crippen LogP contribution in [0.3, 0.4) is 0 Å². The number of alkyl halides is 3. The van der Waals surface area contributed by atoms with Gasteiger partial charge in [0.1, 0.15) is 5.75 Å². The van der Waals surface area contributed by atoms with Crippen molar-refractivity contribution in [3.05, 3.63) is 29.8 Å². The molecule has 8 heteroatoms. The summed E-state index contributed by atoms with van der Waals surface area (Å²) in [6.45, 7) is 3.06. The van der Waals surface area contributed by atoms with Gasteiger partial charge < -0.3 is 14.7 Å². The maximum Gasteiger partial charge on any atom is 0.573 e. The Morgan fingerprint density at radius 1 is 1.21 bits per heavy atom. The number of nitrogens with zero attached hydrogens (tertiary/aromatic N) is 2. The van der Waals surface area contributed by atoms with E-state index in [4.69, 9.17) is 0 Å². The summed E-state index contributed by atoms with van der Waals surface area (Å²) in [6, 6.07) is 6.03. The van der Waals surface area contributed by atoms with Crippen molar-refractivity contribution in [3.8, 4) is 5.75 Å². The molecule has 3 fully saturated rings. The van der Waals surface area contributed by atoms with Crippen LogP contribution in [0.1, 0.15) is 37.7 Å². The van der Waals surface area contributed by atoms with Crippen molar-refractivity contribution in [2.45, 2.75) is 51.1 Å². The van der Waals surface area contributed by atoms with E-state index in [0.717, 1.165) is 24.9 Å². The SMILES string of the molecule is O=C1N(CC2CC2)CC(O)CC12CCN(Cc1cccc(OC(F)(F)F)c1)CC2. The zero-order valence-electron chi connectivity index (χ0n) is 16.3. The zero-order chi connectivity index (χ0) is 20.6. The van der Waals surface area contributed by atoms with Gasteiger partial charge in [0.15, 0.2) is 0 Å². The number of β-amino-alcohol motifs (C(OH)–C–C–N with tert-alkyl or cyclic N) is 1. The van der Waals surface area contributed by atoms with Gasteiger partial charge in [-0.05, 0) is 68.8 Å². The predicted molar refractivity (Wildman–Crippen MR) is 100.0 cm³/mol. The van der Waals surface area contributed by atoms with Gasteiger partial charge in [0, 0.05) is 19.6 Å². The molecule has 1 spiro atoms. The van der Waals surface area contributed by atoms with Crippen molar-refractivity contribution in [1.29, 1.82) is 0 Å². The van der Waals surface area contributed by atoms with Crippen molar-refractivity contribution >= 4 is 5.91 Å². The fraction of sp³-hybridized carbons (Fsp3) is 0.667. The first-order chi connectivity index (χ1) is 13.7. The highest BCUT2D eigenvalue weighted by Crippen LogP contribution is 2.42. The van der Waals surface area contributed by atoms with Crippen molar-refractivity contribution < 1.29 is 27.8 Å². The van der Waals surface area contributed by atoms with Crippen LogP contribution < -0.4 is 4.74 Å². The highest BCUT2D eigenvalue weighted by molar-refractivity contribution is 5.84. The van der Waals surface area contributed by atoms with Gasteiger partial charge in [-0.15, -0.1) is 13.2 Å². The topological polar surface area (TPSA) is 53.0 Å². The number of rotatable bonds is 5. The molecule has 1 amide bonds. The van der Waals surface area contributed by atoms with Gasteiger partial charge in [0.25, 0.3) is 0 Å². The van der Waals surface area contributed by atoms with Crippen LogP contribution in [-0.2, 0) is 11.3 Å². The number of piperidine rings is 2. The molecular weight excluding hydrogens is 385 g/mol. The first kappa shape index (κ1) is 20.5. The minimum Gasteiger partial charge on any atom is -0.406 e. The van der Waals surface area contributed by atoms with Gasteiger partial charge in [0.2, 0.25) is 5.91 Å². The van der Waals surface area contributed by atoms with Crippen LogP contribution in [0, 0.1) is 11.3 Å². The van der Waals surface area contributed by atoms with Gasteiger partial charge in [-0.25, -0.2) is 0 Å². The number of aliphatic hydroxyl groups is 1. The Labute approximate surface area is 168 Å². The van der Waals surface area contributed by atoms with E-state index in [0.29, 0.717) is 51.4 Å². The number of ether oxygens (including phenoxy) is 1. The van der Waals surface area contributed by atoms with E-state index in [-0.39, 0.29) is 11.7 Å². The quantitative estimate of drug-likeness (QED) is 0.807. The molecular formula is C21H27F3N2O3. The first-order valence-electron chi connectivity index (χ1n) is 10.3. The van der Waals surface area contributed by atoms with Crippen LogP contribution in [0.4, 0.5) is 13.2 Å². The summed E-state index contributed by atoms with van der Waals surface area (Å²) in [4.78, 5) is 17.1. The molecule has 0 bridgehead atoms. The third-order valence-corrected chi connectivity index (χ3v) is 6.33. The van der Waals surface area contributed by atoms with Gasteiger partial charge >= 0.3 is 6.36 Å². The first-order valence-corrected chi connectivity index (χ1v) is 10.3. The molecule has 0 radical (unpaired) electrons. The lowest BCUT2D eigenvalue weighted by molar-refractivity contribution is -0.274.